The molecule has 0 fully saturated rings. The van der Waals surface area contributed by atoms with Gasteiger partial charge in [0.05, 0.1) is 0 Å². The second-order valence-corrected chi connectivity index (χ2v) is 4.66. The van der Waals surface area contributed by atoms with Gasteiger partial charge < -0.3 is 0 Å². The van der Waals surface area contributed by atoms with Crippen molar-refractivity contribution in [3.8, 4) is 0 Å². The van der Waals surface area contributed by atoms with E-state index in [1.54, 1.807) is 0 Å². The Labute approximate surface area is 112 Å². The van der Waals surface area contributed by atoms with Crippen molar-refractivity contribution in [2.24, 2.45) is 0 Å². The van der Waals surface area contributed by atoms with E-state index >= 15 is 0 Å². The van der Waals surface area contributed by atoms with Crippen LogP contribution in [0.4, 0.5) is 0 Å². The van der Waals surface area contributed by atoms with Crippen molar-refractivity contribution < 1.29 is 0 Å². The molecule has 1 aliphatic carbocycles. The summed E-state index contributed by atoms with van der Waals surface area (Å²) in [6.07, 6.45) is 18.1. The maximum absolute atomic E-state index is 2.38. The van der Waals surface area contributed by atoms with Crippen molar-refractivity contribution in [1.29, 1.82) is 0 Å². The molecule has 0 aromatic rings. The Morgan fingerprint density at radius 2 is 2.00 bits per heavy atom. The third-order valence-electron chi connectivity index (χ3n) is 3.44. The first-order valence-electron chi connectivity index (χ1n) is 7.15. The van der Waals surface area contributed by atoms with Crippen molar-refractivity contribution in [3.05, 3.63) is 58.7 Å². The Morgan fingerprint density at radius 3 is 2.56 bits per heavy atom. The monoisotopic (exact) mass is 242 g/mol. The zero-order chi connectivity index (χ0) is 13.4. The van der Waals surface area contributed by atoms with Crippen molar-refractivity contribution in [3.63, 3.8) is 0 Å². The predicted molar refractivity (Wildman–Crippen MR) is 82.6 cm³/mol. The first-order chi connectivity index (χ1) is 8.76. The molecular formula is C18H26. The van der Waals surface area contributed by atoms with Crippen molar-refractivity contribution >= 4 is 0 Å². The predicted octanol–water partition coefficient (Wildman–Crippen LogP) is 5.90. The second kappa shape index (κ2) is 7.92. The fraction of sp³-hybridized carbons (Fsp3) is 0.444. The van der Waals surface area contributed by atoms with Gasteiger partial charge in [0, 0.05) is 0 Å². The summed E-state index contributed by atoms with van der Waals surface area (Å²) >= 11 is 0. The molecule has 0 aromatic carbocycles. The summed E-state index contributed by atoms with van der Waals surface area (Å²) in [4.78, 5) is 0. The molecule has 0 amide bonds. The summed E-state index contributed by atoms with van der Waals surface area (Å²) in [5, 5.41) is 0. The van der Waals surface area contributed by atoms with Gasteiger partial charge in [-0.2, -0.15) is 0 Å². The van der Waals surface area contributed by atoms with Crippen LogP contribution in [0.15, 0.2) is 58.7 Å². The Kier molecular flexibility index (Phi) is 6.49. The molecule has 0 saturated heterocycles. The summed E-state index contributed by atoms with van der Waals surface area (Å²) in [5.74, 6) is 0. The lowest BCUT2D eigenvalue weighted by molar-refractivity contribution is 0.913. The average Bonchev–Trinajstić information content (AvgIpc) is 2.43. The first kappa shape index (κ1) is 14.8. The van der Waals surface area contributed by atoms with Crippen LogP contribution in [-0.2, 0) is 0 Å². The zero-order valence-electron chi connectivity index (χ0n) is 12.3. The van der Waals surface area contributed by atoms with E-state index in [0.717, 1.165) is 12.8 Å². The third kappa shape index (κ3) is 3.87. The van der Waals surface area contributed by atoms with Crippen LogP contribution in [0.25, 0.3) is 0 Å². The fourth-order valence-electron chi connectivity index (χ4n) is 2.39. The molecule has 98 valence electrons. The van der Waals surface area contributed by atoms with E-state index in [1.807, 2.05) is 0 Å². The minimum atomic E-state index is 1.07. The molecule has 0 heterocycles. The topological polar surface area (TPSA) is 0 Å². The molecule has 0 nitrogen and oxygen atoms in total. The van der Waals surface area contributed by atoms with E-state index in [1.165, 1.54) is 35.1 Å². The molecule has 0 heteroatoms. The molecule has 0 bridgehead atoms. The van der Waals surface area contributed by atoms with Crippen LogP contribution in [0, 0.1) is 0 Å². The highest BCUT2D eigenvalue weighted by molar-refractivity contribution is 5.48. The number of hydrogen-bond donors (Lipinski definition) is 0. The fourth-order valence-corrected chi connectivity index (χ4v) is 2.39. The van der Waals surface area contributed by atoms with Crippen LogP contribution in [0.1, 0.15) is 53.4 Å². The smallest absolute Gasteiger partial charge is 0.00914 e. The summed E-state index contributed by atoms with van der Waals surface area (Å²) in [6, 6.07) is 0. The van der Waals surface area contributed by atoms with E-state index in [-0.39, 0.29) is 0 Å². The van der Waals surface area contributed by atoms with Gasteiger partial charge in [-0.25, -0.2) is 0 Å². The molecule has 0 N–H and O–H groups in total. The molecule has 0 radical (unpaired) electrons. The first-order valence-corrected chi connectivity index (χ1v) is 7.15. The van der Waals surface area contributed by atoms with Crippen LogP contribution in [0.2, 0.25) is 0 Å². The van der Waals surface area contributed by atoms with Crippen LogP contribution in [0.3, 0.4) is 0 Å². The highest BCUT2D eigenvalue weighted by Gasteiger charge is 2.07. The Balaban J connectivity index is 2.98. The molecule has 1 rings (SSSR count). The number of hydrogen-bond acceptors (Lipinski definition) is 0. The van der Waals surface area contributed by atoms with Crippen LogP contribution < -0.4 is 0 Å². The zero-order valence-corrected chi connectivity index (χ0v) is 12.3. The van der Waals surface area contributed by atoms with Crippen molar-refractivity contribution in [1.82, 2.24) is 0 Å². The highest BCUT2D eigenvalue weighted by atomic mass is 14.1. The quantitative estimate of drug-likeness (QED) is 0.526. The van der Waals surface area contributed by atoms with Crippen molar-refractivity contribution in [2.75, 3.05) is 0 Å². The van der Waals surface area contributed by atoms with Crippen LogP contribution in [0.5, 0.6) is 0 Å². The molecule has 0 aromatic heterocycles. The number of rotatable bonds is 5. The minimum absolute atomic E-state index is 1.07. The van der Waals surface area contributed by atoms with E-state index in [9.17, 15) is 0 Å². The summed E-state index contributed by atoms with van der Waals surface area (Å²) in [5.41, 5.74) is 5.81. The van der Waals surface area contributed by atoms with Gasteiger partial charge in [-0.3, -0.25) is 0 Å². The SMILES string of the molecule is CC=C(C=C1CC=CC=C1CC)C(=CC)CCC. The van der Waals surface area contributed by atoms with Crippen molar-refractivity contribution in [2.45, 2.75) is 53.4 Å². The van der Waals surface area contributed by atoms with Gasteiger partial charge in [-0.1, -0.05) is 56.7 Å². The minimum Gasteiger partial charge on any atom is -0.0839 e. The molecule has 0 spiro atoms. The molecule has 1 aliphatic rings. The van der Waals surface area contributed by atoms with E-state index in [4.69, 9.17) is 0 Å². The molecule has 0 unspecified atom stereocenters. The number of allylic oxidation sites excluding steroid dienone is 10. The maximum Gasteiger partial charge on any atom is -0.00914 e. The average molecular weight is 242 g/mol. The van der Waals surface area contributed by atoms with Gasteiger partial charge in [0.1, 0.15) is 0 Å². The van der Waals surface area contributed by atoms with Gasteiger partial charge in [0.2, 0.25) is 0 Å². The molecular weight excluding hydrogens is 216 g/mol. The Bertz CT molecular complexity index is 411. The van der Waals surface area contributed by atoms with Crippen LogP contribution in [-0.4, -0.2) is 0 Å². The second-order valence-electron chi connectivity index (χ2n) is 4.66. The van der Waals surface area contributed by atoms with Gasteiger partial charge in [0.25, 0.3) is 0 Å². The third-order valence-corrected chi connectivity index (χ3v) is 3.44. The highest BCUT2D eigenvalue weighted by Crippen LogP contribution is 2.27. The van der Waals surface area contributed by atoms with Gasteiger partial charge in [-0.05, 0) is 55.4 Å². The lowest BCUT2D eigenvalue weighted by atomic mass is 9.91. The van der Waals surface area contributed by atoms with Gasteiger partial charge >= 0.3 is 0 Å². The Hall–Kier alpha value is -1.30. The lowest BCUT2D eigenvalue weighted by Crippen LogP contribution is -1.95. The van der Waals surface area contributed by atoms with E-state index < -0.39 is 0 Å². The van der Waals surface area contributed by atoms with E-state index in [0.29, 0.717) is 0 Å². The van der Waals surface area contributed by atoms with Gasteiger partial charge in [0.15, 0.2) is 0 Å². The largest absolute Gasteiger partial charge is 0.0839 e. The lowest BCUT2D eigenvalue weighted by Gasteiger charge is -2.14. The molecule has 0 atom stereocenters. The molecule has 0 aliphatic heterocycles. The van der Waals surface area contributed by atoms with Crippen LogP contribution >= 0.6 is 0 Å². The van der Waals surface area contributed by atoms with E-state index in [2.05, 4.69) is 64.2 Å². The standard InChI is InChI=1S/C18H26/c1-5-11-15(6-2)17(8-4)14-18-13-10-9-12-16(18)7-3/h6,8-10,12,14H,5,7,11,13H2,1-4H3. The summed E-state index contributed by atoms with van der Waals surface area (Å²) in [6.45, 7) is 8.76. The summed E-state index contributed by atoms with van der Waals surface area (Å²) < 4.78 is 0. The molecule has 18 heavy (non-hydrogen) atoms. The van der Waals surface area contributed by atoms with Gasteiger partial charge in [-0.15, -0.1) is 0 Å². The Morgan fingerprint density at radius 1 is 1.22 bits per heavy atom. The molecule has 0 saturated carbocycles. The normalized spacial score (nSPS) is 19.3. The maximum atomic E-state index is 2.38. The summed E-state index contributed by atoms with van der Waals surface area (Å²) in [7, 11) is 0.